The summed E-state index contributed by atoms with van der Waals surface area (Å²) in [5.74, 6) is -0.413. The third-order valence-corrected chi connectivity index (χ3v) is 2.49. The van der Waals surface area contributed by atoms with Gasteiger partial charge in [0.1, 0.15) is 0 Å². The van der Waals surface area contributed by atoms with Crippen molar-refractivity contribution < 1.29 is 4.79 Å². The van der Waals surface area contributed by atoms with E-state index in [2.05, 4.69) is 22.1 Å². The summed E-state index contributed by atoms with van der Waals surface area (Å²) in [4.78, 5) is 23.4. The van der Waals surface area contributed by atoms with Crippen LogP contribution in [0.4, 0.5) is 0 Å². The predicted octanol–water partition coefficient (Wildman–Crippen LogP) is 1.41. The number of carbonyl (C=O) groups excluding carboxylic acids is 1. The van der Waals surface area contributed by atoms with Crippen molar-refractivity contribution in [2.45, 2.75) is 0 Å². The van der Waals surface area contributed by atoms with Crippen LogP contribution in [0.2, 0.25) is 0 Å². The molecule has 1 aromatic heterocycles. The number of carbonyl (C=O) groups is 1. The van der Waals surface area contributed by atoms with E-state index < -0.39 is 5.91 Å². The fourth-order valence-electron chi connectivity index (χ4n) is 1.55. The highest BCUT2D eigenvalue weighted by Crippen LogP contribution is 2.12. The summed E-state index contributed by atoms with van der Waals surface area (Å²) in [6, 6.07) is 6.76. The van der Waals surface area contributed by atoms with Crippen LogP contribution in [-0.4, -0.2) is 22.6 Å². The Kier molecular flexibility index (Phi) is 3.43. The summed E-state index contributed by atoms with van der Waals surface area (Å²) in [5.41, 5.74) is -0.174. The molecule has 1 amide bonds. The Hall–Kier alpha value is -2.14. The summed E-state index contributed by atoms with van der Waals surface area (Å²) < 4.78 is 0. The summed E-state index contributed by atoms with van der Waals surface area (Å²) in [7, 11) is 0. The van der Waals surface area contributed by atoms with Gasteiger partial charge >= 0.3 is 0 Å². The first kappa shape index (κ1) is 12.3. The summed E-state index contributed by atoms with van der Waals surface area (Å²) in [5, 5.41) is 9.84. The van der Waals surface area contributed by atoms with Crippen LogP contribution >= 0.6 is 11.6 Å². The molecule has 0 radical (unpaired) electrons. The Morgan fingerprint density at radius 2 is 2.06 bits per heavy atom. The fraction of sp³-hybridized carbons (Fsp3) is 0.0833. The van der Waals surface area contributed by atoms with E-state index in [4.69, 9.17) is 11.6 Å². The standard InChI is InChI=1S/C12H10ClN3O2/c1-7(13)6-14-12(18)10-8-4-2-3-5-9(8)11(17)16-15-10/h2-5H,1,6H2,(H,14,18)(H,16,17). The molecule has 0 aliphatic carbocycles. The van der Waals surface area contributed by atoms with Crippen LogP contribution in [0.3, 0.4) is 0 Å². The third kappa shape index (κ3) is 2.41. The van der Waals surface area contributed by atoms with E-state index in [9.17, 15) is 9.59 Å². The van der Waals surface area contributed by atoms with Gasteiger partial charge in [0.05, 0.1) is 11.9 Å². The van der Waals surface area contributed by atoms with Gasteiger partial charge in [-0.25, -0.2) is 5.10 Å². The minimum absolute atomic E-state index is 0.148. The Morgan fingerprint density at radius 1 is 1.39 bits per heavy atom. The SMILES string of the molecule is C=C(Cl)CNC(=O)c1n[nH]c(=O)c2ccccc12. The molecule has 2 N–H and O–H groups in total. The van der Waals surface area contributed by atoms with E-state index in [0.717, 1.165) is 0 Å². The predicted molar refractivity (Wildman–Crippen MR) is 69.7 cm³/mol. The smallest absolute Gasteiger partial charge is 0.272 e. The second-order valence-electron chi connectivity index (χ2n) is 3.65. The fourth-order valence-corrected chi connectivity index (χ4v) is 1.61. The lowest BCUT2D eigenvalue weighted by atomic mass is 10.1. The summed E-state index contributed by atoms with van der Waals surface area (Å²) in [6.45, 7) is 3.62. The molecule has 2 rings (SSSR count). The number of benzene rings is 1. The normalized spacial score (nSPS) is 10.3. The van der Waals surface area contributed by atoms with Gasteiger partial charge in [-0.3, -0.25) is 9.59 Å². The first-order valence-corrected chi connectivity index (χ1v) is 5.56. The molecule has 0 bridgehead atoms. The van der Waals surface area contributed by atoms with Gasteiger partial charge in [-0.05, 0) is 6.07 Å². The van der Waals surface area contributed by atoms with E-state index in [0.29, 0.717) is 15.8 Å². The Morgan fingerprint density at radius 3 is 2.72 bits per heavy atom. The highest BCUT2D eigenvalue weighted by Gasteiger charge is 2.13. The van der Waals surface area contributed by atoms with E-state index in [1.165, 1.54) is 0 Å². The molecule has 18 heavy (non-hydrogen) atoms. The van der Waals surface area contributed by atoms with Crippen molar-refractivity contribution in [3.05, 3.63) is 51.9 Å². The molecule has 1 aromatic carbocycles. The van der Waals surface area contributed by atoms with Crippen LogP contribution in [0.25, 0.3) is 10.8 Å². The van der Waals surface area contributed by atoms with E-state index in [1.54, 1.807) is 24.3 Å². The van der Waals surface area contributed by atoms with E-state index >= 15 is 0 Å². The van der Waals surface area contributed by atoms with Crippen molar-refractivity contribution in [2.24, 2.45) is 0 Å². The maximum atomic E-state index is 11.9. The molecule has 1 heterocycles. The number of aromatic nitrogens is 2. The molecule has 92 valence electrons. The maximum Gasteiger partial charge on any atom is 0.272 e. The number of halogens is 1. The van der Waals surface area contributed by atoms with Crippen molar-refractivity contribution in [3.63, 3.8) is 0 Å². The van der Waals surface area contributed by atoms with Crippen LogP contribution < -0.4 is 10.9 Å². The lowest BCUT2D eigenvalue weighted by Crippen LogP contribution is -2.27. The number of aromatic amines is 1. The molecule has 0 saturated carbocycles. The van der Waals surface area contributed by atoms with Gasteiger partial charge in [-0.2, -0.15) is 5.10 Å². The zero-order valence-electron chi connectivity index (χ0n) is 9.37. The third-order valence-electron chi connectivity index (χ3n) is 2.35. The Bertz CT molecular complexity index is 678. The number of fused-ring (bicyclic) bond motifs is 1. The van der Waals surface area contributed by atoms with Crippen LogP contribution in [0, 0.1) is 0 Å². The molecule has 0 fully saturated rings. The van der Waals surface area contributed by atoms with Crippen molar-refractivity contribution in [1.29, 1.82) is 0 Å². The molecule has 0 atom stereocenters. The first-order valence-electron chi connectivity index (χ1n) is 5.18. The number of rotatable bonds is 3. The van der Waals surface area contributed by atoms with Crippen LogP contribution in [0.1, 0.15) is 10.5 Å². The molecule has 6 heteroatoms. The monoisotopic (exact) mass is 263 g/mol. The van der Waals surface area contributed by atoms with Gasteiger partial charge in [0.2, 0.25) is 0 Å². The largest absolute Gasteiger partial charge is 0.346 e. The number of H-pyrrole nitrogens is 1. The number of nitrogens with one attached hydrogen (secondary N) is 2. The summed E-state index contributed by atoms with van der Waals surface area (Å²) >= 11 is 5.57. The second kappa shape index (κ2) is 5.01. The zero-order valence-corrected chi connectivity index (χ0v) is 10.1. The molecule has 2 aromatic rings. The summed E-state index contributed by atoms with van der Waals surface area (Å²) in [6.07, 6.45) is 0. The number of nitrogens with zero attached hydrogens (tertiary/aromatic N) is 1. The van der Waals surface area contributed by atoms with Gasteiger partial charge < -0.3 is 5.32 Å². The van der Waals surface area contributed by atoms with E-state index in [-0.39, 0.29) is 17.8 Å². The highest BCUT2D eigenvalue weighted by atomic mass is 35.5. The Labute approximate surface area is 107 Å². The Balaban J connectivity index is 2.45. The molecule has 5 nitrogen and oxygen atoms in total. The minimum atomic E-state index is -0.413. The molecular formula is C12H10ClN3O2. The quantitative estimate of drug-likeness (QED) is 0.879. The zero-order chi connectivity index (χ0) is 13.1. The van der Waals surface area contributed by atoms with Crippen molar-refractivity contribution in [1.82, 2.24) is 15.5 Å². The van der Waals surface area contributed by atoms with Gasteiger partial charge in [0, 0.05) is 10.4 Å². The molecular weight excluding hydrogens is 254 g/mol. The first-order chi connectivity index (χ1) is 8.59. The second-order valence-corrected chi connectivity index (χ2v) is 4.18. The number of hydrogen-bond acceptors (Lipinski definition) is 3. The molecule has 0 unspecified atom stereocenters. The topological polar surface area (TPSA) is 74.8 Å². The van der Waals surface area contributed by atoms with Crippen molar-refractivity contribution in [2.75, 3.05) is 6.54 Å². The molecule has 0 saturated heterocycles. The minimum Gasteiger partial charge on any atom is -0.346 e. The lowest BCUT2D eigenvalue weighted by molar-refractivity contribution is 0.0953. The van der Waals surface area contributed by atoms with Gasteiger partial charge in [0.15, 0.2) is 5.69 Å². The van der Waals surface area contributed by atoms with Crippen molar-refractivity contribution in [3.8, 4) is 0 Å². The van der Waals surface area contributed by atoms with Gasteiger partial charge in [-0.1, -0.05) is 36.4 Å². The molecule has 0 spiro atoms. The van der Waals surface area contributed by atoms with Gasteiger partial charge in [-0.15, -0.1) is 0 Å². The number of hydrogen-bond donors (Lipinski definition) is 2. The molecule has 0 aliphatic rings. The average molecular weight is 264 g/mol. The van der Waals surface area contributed by atoms with E-state index in [1.807, 2.05) is 0 Å². The van der Waals surface area contributed by atoms with Crippen LogP contribution in [0.5, 0.6) is 0 Å². The lowest BCUT2D eigenvalue weighted by Gasteiger charge is -2.05. The number of amides is 1. The van der Waals surface area contributed by atoms with Crippen LogP contribution in [-0.2, 0) is 0 Å². The van der Waals surface area contributed by atoms with Crippen molar-refractivity contribution >= 4 is 28.3 Å². The molecule has 0 aliphatic heterocycles. The highest BCUT2D eigenvalue weighted by molar-refractivity contribution is 6.29. The van der Waals surface area contributed by atoms with Crippen LogP contribution in [0.15, 0.2) is 40.7 Å². The van der Waals surface area contributed by atoms with Gasteiger partial charge in [0.25, 0.3) is 11.5 Å². The maximum absolute atomic E-state index is 11.9. The average Bonchev–Trinajstić information content (AvgIpc) is 2.37.